The molecule has 5 rings (SSSR count). The number of aliphatic hydroxyl groups is 6. The van der Waals surface area contributed by atoms with E-state index in [1.54, 1.807) is 0 Å². The van der Waals surface area contributed by atoms with E-state index in [-0.39, 0.29) is 29.8 Å². The van der Waals surface area contributed by atoms with Gasteiger partial charge in [-0.3, -0.25) is 4.79 Å². The molecule has 14 atom stereocenters. The first-order valence-corrected chi connectivity index (χ1v) is 13.9. The fraction of sp³-hybridized carbons (Fsp3) is 0.926. The molecule has 1 saturated heterocycles. The van der Waals surface area contributed by atoms with Crippen molar-refractivity contribution >= 4 is 12.3 Å². The minimum atomic E-state index is -1.61. The van der Waals surface area contributed by atoms with Crippen LogP contribution in [0.2, 0.25) is 0 Å². The second-order valence-corrected chi connectivity index (χ2v) is 12.7. The highest BCUT2D eigenvalue weighted by atomic mass is 16.7. The molecular weight excluding hydrogens is 500 g/mol. The second kappa shape index (κ2) is 10.0. The number of hydrogen-bond donors (Lipinski definition) is 6. The standard InChI is InChI=1S/C27H42O11/c1-13(30)37-24-26-8-5-16-15(10-28)17(31)6-7-25(16,2)19(26)4-3-14(9-26)27(24,35)12-36-23-22(34)21(33)20(32)18(11-29)38-23/h10,14-24,29,31-35H,3-9,11-12H2,1-2H3. The van der Waals surface area contributed by atoms with Gasteiger partial charge in [-0.25, -0.2) is 0 Å². The monoisotopic (exact) mass is 542 g/mol. The topological polar surface area (TPSA) is 183 Å². The summed E-state index contributed by atoms with van der Waals surface area (Å²) >= 11 is 0. The molecule has 38 heavy (non-hydrogen) atoms. The van der Waals surface area contributed by atoms with Crippen molar-refractivity contribution in [2.24, 2.45) is 34.5 Å². The average molecular weight is 543 g/mol. The highest BCUT2D eigenvalue weighted by Gasteiger charge is 2.73. The lowest BCUT2D eigenvalue weighted by Crippen LogP contribution is -2.62. The third-order valence-corrected chi connectivity index (χ3v) is 11.0. The highest BCUT2D eigenvalue weighted by molar-refractivity contribution is 5.66. The van der Waals surface area contributed by atoms with Crippen LogP contribution in [0.5, 0.6) is 0 Å². The molecule has 11 nitrogen and oxygen atoms in total. The van der Waals surface area contributed by atoms with E-state index in [1.807, 2.05) is 0 Å². The molecule has 216 valence electrons. The van der Waals surface area contributed by atoms with Crippen LogP contribution >= 0.6 is 0 Å². The van der Waals surface area contributed by atoms with Gasteiger partial charge in [0.2, 0.25) is 0 Å². The van der Waals surface area contributed by atoms with Crippen molar-refractivity contribution in [1.82, 2.24) is 0 Å². The minimum absolute atomic E-state index is 0.00737. The number of ether oxygens (including phenoxy) is 3. The Morgan fingerprint density at radius 1 is 1.05 bits per heavy atom. The quantitative estimate of drug-likeness (QED) is 0.184. The predicted octanol–water partition coefficient (Wildman–Crippen LogP) is -0.732. The van der Waals surface area contributed by atoms with Gasteiger partial charge in [0, 0.05) is 18.3 Å². The maximum absolute atomic E-state index is 12.4. The summed E-state index contributed by atoms with van der Waals surface area (Å²) in [6.45, 7) is 2.54. The van der Waals surface area contributed by atoms with Crippen LogP contribution in [-0.4, -0.2) is 105 Å². The van der Waals surface area contributed by atoms with Crippen LogP contribution < -0.4 is 0 Å². The molecule has 6 N–H and O–H groups in total. The summed E-state index contributed by atoms with van der Waals surface area (Å²) in [6, 6.07) is 0. The van der Waals surface area contributed by atoms with Crippen LogP contribution in [0.3, 0.4) is 0 Å². The highest BCUT2D eigenvalue weighted by Crippen LogP contribution is 2.72. The van der Waals surface area contributed by atoms with Crippen LogP contribution in [0.4, 0.5) is 0 Å². The summed E-state index contributed by atoms with van der Waals surface area (Å²) in [5.74, 6) is -1.16. The summed E-state index contributed by atoms with van der Waals surface area (Å²) in [4.78, 5) is 24.3. The van der Waals surface area contributed by atoms with Crippen molar-refractivity contribution in [2.75, 3.05) is 13.2 Å². The molecule has 1 spiro atoms. The maximum Gasteiger partial charge on any atom is 0.303 e. The lowest BCUT2D eigenvalue weighted by Gasteiger charge is -2.62. The van der Waals surface area contributed by atoms with E-state index in [0.29, 0.717) is 32.1 Å². The van der Waals surface area contributed by atoms with Crippen molar-refractivity contribution in [1.29, 1.82) is 0 Å². The number of fused-ring (bicyclic) bond motifs is 3. The second-order valence-electron chi connectivity index (χ2n) is 12.7. The van der Waals surface area contributed by atoms with Crippen LogP contribution in [-0.2, 0) is 23.8 Å². The van der Waals surface area contributed by atoms with E-state index in [2.05, 4.69) is 6.92 Å². The Morgan fingerprint density at radius 3 is 2.45 bits per heavy atom. The first kappa shape index (κ1) is 28.4. The molecular formula is C27H42O11. The fourth-order valence-corrected chi connectivity index (χ4v) is 9.29. The Morgan fingerprint density at radius 2 is 1.79 bits per heavy atom. The zero-order valence-corrected chi connectivity index (χ0v) is 22.0. The number of esters is 1. The Bertz CT molecular complexity index is 913. The number of rotatable bonds is 6. The van der Waals surface area contributed by atoms with E-state index in [0.717, 1.165) is 19.1 Å². The molecule has 5 fully saturated rings. The summed E-state index contributed by atoms with van der Waals surface area (Å²) in [6.07, 6.45) is -3.38. The predicted molar refractivity (Wildman–Crippen MR) is 129 cm³/mol. The third-order valence-electron chi connectivity index (χ3n) is 11.0. The molecule has 2 bridgehead atoms. The van der Waals surface area contributed by atoms with E-state index in [1.165, 1.54) is 6.92 Å². The van der Waals surface area contributed by atoms with Crippen LogP contribution in [0.1, 0.15) is 58.8 Å². The van der Waals surface area contributed by atoms with Crippen molar-refractivity contribution in [2.45, 2.75) is 107 Å². The van der Waals surface area contributed by atoms with Crippen molar-refractivity contribution in [3.05, 3.63) is 0 Å². The zero-order chi connectivity index (χ0) is 27.6. The van der Waals surface area contributed by atoms with Crippen LogP contribution in [0, 0.1) is 34.5 Å². The smallest absolute Gasteiger partial charge is 0.303 e. The van der Waals surface area contributed by atoms with E-state index < -0.39 is 72.4 Å². The zero-order valence-electron chi connectivity index (χ0n) is 22.0. The lowest BCUT2D eigenvalue weighted by molar-refractivity contribution is -0.313. The molecule has 5 aliphatic rings. The van der Waals surface area contributed by atoms with Gasteiger partial charge >= 0.3 is 5.97 Å². The molecule has 11 heteroatoms. The summed E-state index contributed by atoms with van der Waals surface area (Å²) in [7, 11) is 0. The number of aldehydes is 1. The number of carbonyl (C=O) groups is 2. The van der Waals surface area contributed by atoms with E-state index >= 15 is 0 Å². The Labute approximate surface area is 222 Å². The Hall–Kier alpha value is -1.18. The summed E-state index contributed by atoms with van der Waals surface area (Å²) in [5, 5.41) is 62.9. The molecule has 4 aliphatic carbocycles. The van der Waals surface area contributed by atoms with Crippen molar-refractivity contribution < 1.29 is 54.4 Å². The van der Waals surface area contributed by atoms with Gasteiger partial charge in [-0.05, 0) is 68.1 Å². The summed E-state index contributed by atoms with van der Waals surface area (Å²) in [5.41, 5.74) is -2.40. The van der Waals surface area contributed by atoms with Gasteiger partial charge < -0.3 is 49.6 Å². The Balaban J connectivity index is 1.44. The molecule has 0 aromatic heterocycles. The fourth-order valence-electron chi connectivity index (χ4n) is 9.29. The van der Waals surface area contributed by atoms with Gasteiger partial charge in [-0.15, -0.1) is 0 Å². The van der Waals surface area contributed by atoms with Crippen molar-refractivity contribution in [3.63, 3.8) is 0 Å². The molecule has 0 amide bonds. The van der Waals surface area contributed by atoms with Gasteiger partial charge in [-0.1, -0.05) is 6.92 Å². The van der Waals surface area contributed by atoms with E-state index in [9.17, 15) is 40.2 Å². The normalized spacial score (nSPS) is 54.1. The number of aliphatic hydroxyl groups excluding tert-OH is 5. The average Bonchev–Trinajstić information content (AvgIpc) is 3.05. The molecule has 1 heterocycles. The first-order chi connectivity index (χ1) is 17.9. The Kier molecular flexibility index (Phi) is 7.48. The minimum Gasteiger partial charge on any atom is -0.459 e. The first-order valence-electron chi connectivity index (χ1n) is 13.9. The lowest BCUT2D eigenvalue weighted by atomic mass is 9.43. The van der Waals surface area contributed by atoms with Crippen LogP contribution in [0.15, 0.2) is 0 Å². The maximum atomic E-state index is 12.4. The van der Waals surface area contributed by atoms with Gasteiger partial charge in [0.15, 0.2) is 6.29 Å². The SMILES string of the molecule is CC(=O)OC1C(O)(COC2OC(CO)C(O)C(O)C2O)C2CCC3C4(C)CCC(O)C(C=O)C4CCC31C2. The van der Waals surface area contributed by atoms with Gasteiger partial charge in [0.25, 0.3) is 0 Å². The molecule has 0 aromatic rings. The van der Waals surface area contributed by atoms with Gasteiger partial charge in [-0.2, -0.15) is 0 Å². The molecule has 4 saturated carbocycles. The van der Waals surface area contributed by atoms with Gasteiger partial charge in [0.1, 0.15) is 42.4 Å². The number of carbonyl (C=O) groups excluding carboxylic acids is 2. The molecule has 0 aromatic carbocycles. The molecule has 14 unspecified atom stereocenters. The van der Waals surface area contributed by atoms with Gasteiger partial charge in [0.05, 0.1) is 19.3 Å². The number of hydrogen-bond acceptors (Lipinski definition) is 11. The third kappa shape index (κ3) is 4.08. The molecule has 0 radical (unpaired) electrons. The molecule has 1 aliphatic heterocycles. The summed E-state index contributed by atoms with van der Waals surface area (Å²) < 4.78 is 17.2. The van der Waals surface area contributed by atoms with Crippen LogP contribution in [0.25, 0.3) is 0 Å². The van der Waals surface area contributed by atoms with E-state index in [4.69, 9.17) is 14.2 Å². The van der Waals surface area contributed by atoms with Crippen molar-refractivity contribution in [3.8, 4) is 0 Å². The largest absolute Gasteiger partial charge is 0.459 e.